The van der Waals surface area contributed by atoms with Crippen LogP contribution in [0.15, 0.2) is 44.6 Å². The molecule has 3 rings (SSSR count). The quantitative estimate of drug-likeness (QED) is 0.631. The molecule has 0 aliphatic carbocycles. The number of hydrogen-bond donors (Lipinski definition) is 3. The van der Waals surface area contributed by atoms with Crippen LogP contribution in [0, 0.1) is 0 Å². The van der Waals surface area contributed by atoms with Crippen LogP contribution in [0.25, 0.3) is 11.2 Å². The van der Waals surface area contributed by atoms with E-state index in [1.54, 1.807) is 0 Å². The number of anilines is 2. The van der Waals surface area contributed by atoms with Crippen LogP contribution in [0.3, 0.4) is 0 Å². The maximum absolute atomic E-state index is 11.1. The first-order chi connectivity index (χ1) is 9.91. The molecule has 0 bridgehead atoms. The number of hydrogen-bond acceptors (Lipinski definition) is 7. The molecular formula is C11H9N5O4S. The zero-order valence-corrected chi connectivity index (χ0v) is 11.2. The van der Waals surface area contributed by atoms with Crippen LogP contribution in [0.4, 0.5) is 11.6 Å². The van der Waals surface area contributed by atoms with Crippen molar-refractivity contribution in [1.82, 2.24) is 15.0 Å². The molecule has 0 spiro atoms. The van der Waals surface area contributed by atoms with Gasteiger partial charge in [-0.2, -0.15) is 4.98 Å². The third-order valence-electron chi connectivity index (χ3n) is 2.62. The number of benzene rings is 1. The number of primary sulfonamides is 1. The Balaban J connectivity index is 1.89. The van der Waals surface area contributed by atoms with E-state index in [0.717, 1.165) is 0 Å². The molecule has 0 unspecified atom stereocenters. The van der Waals surface area contributed by atoms with Crippen LogP contribution in [-0.4, -0.2) is 23.4 Å². The van der Waals surface area contributed by atoms with Crippen LogP contribution in [0.1, 0.15) is 0 Å². The van der Waals surface area contributed by atoms with Crippen LogP contribution in [0.5, 0.6) is 0 Å². The molecule has 10 heteroatoms. The van der Waals surface area contributed by atoms with Gasteiger partial charge in [0.25, 0.3) is 5.71 Å². The van der Waals surface area contributed by atoms with Crippen molar-refractivity contribution >= 4 is 32.9 Å². The van der Waals surface area contributed by atoms with Crippen molar-refractivity contribution in [1.29, 1.82) is 0 Å². The summed E-state index contributed by atoms with van der Waals surface area (Å²) in [6.45, 7) is 0. The molecule has 2 aromatic heterocycles. The van der Waals surface area contributed by atoms with Crippen molar-refractivity contribution in [3.8, 4) is 0 Å². The topological polar surface area (TPSA) is 144 Å². The highest BCUT2D eigenvalue weighted by Gasteiger charge is 2.08. The average molecular weight is 307 g/mol. The molecular weight excluding hydrogens is 298 g/mol. The number of nitrogens with one attached hydrogen (secondary N) is 2. The molecule has 3 aromatic rings. The lowest BCUT2D eigenvalue weighted by Crippen LogP contribution is -2.11. The minimum absolute atomic E-state index is 0.000974. The Morgan fingerprint density at radius 1 is 1.24 bits per heavy atom. The fourth-order valence-corrected chi connectivity index (χ4v) is 2.19. The van der Waals surface area contributed by atoms with Gasteiger partial charge in [0.05, 0.1) is 11.1 Å². The Kier molecular flexibility index (Phi) is 2.96. The van der Waals surface area contributed by atoms with Crippen molar-refractivity contribution in [3.63, 3.8) is 0 Å². The number of sulfonamides is 1. The second-order valence-electron chi connectivity index (χ2n) is 4.12. The van der Waals surface area contributed by atoms with Crippen LogP contribution >= 0.6 is 0 Å². The normalized spacial score (nSPS) is 11.7. The molecule has 2 heterocycles. The van der Waals surface area contributed by atoms with Crippen LogP contribution in [0.2, 0.25) is 0 Å². The number of fused-ring (bicyclic) bond motifs is 1. The summed E-state index contributed by atoms with van der Waals surface area (Å²) >= 11 is 0. The number of aromatic nitrogens is 3. The van der Waals surface area contributed by atoms with E-state index in [9.17, 15) is 13.2 Å². The van der Waals surface area contributed by atoms with E-state index in [1.165, 1.54) is 30.5 Å². The summed E-state index contributed by atoms with van der Waals surface area (Å²) in [5.74, 6) is -0.414. The molecule has 0 aliphatic rings. The standard InChI is InChI=1S/C11H9N5O4S/c12-21(18,19)7-3-1-6(2-4-7)14-10-13-5-8-9(16-10)20-11(17)15-8/h1-5H,(H,15,17)(H2,12,18,19)(H,13,14,16). The number of rotatable bonds is 3. The van der Waals surface area contributed by atoms with Gasteiger partial charge in [0, 0.05) is 5.69 Å². The fourth-order valence-electron chi connectivity index (χ4n) is 1.67. The number of nitrogens with two attached hydrogens (primary N) is 1. The summed E-state index contributed by atoms with van der Waals surface area (Å²) < 4.78 is 27.1. The Labute approximate surface area is 117 Å². The Morgan fingerprint density at radius 3 is 2.62 bits per heavy atom. The second kappa shape index (κ2) is 4.68. The summed E-state index contributed by atoms with van der Waals surface area (Å²) in [4.78, 5) is 21.4. The molecule has 0 aliphatic heterocycles. The molecule has 21 heavy (non-hydrogen) atoms. The molecule has 0 radical (unpaired) electrons. The summed E-state index contributed by atoms with van der Waals surface area (Å²) in [6.07, 6.45) is 1.40. The fraction of sp³-hybridized carbons (Fsp3) is 0. The largest absolute Gasteiger partial charge is 0.418 e. The van der Waals surface area contributed by atoms with Gasteiger partial charge in [-0.1, -0.05) is 0 Å². The predicted octanol–water partition coefficient (Wildman–Crippen LogP) is 0.302. The van der Waals surface area contributed by atoms with E-state index in [-0.39, 0.29) is 16.6 Å². The van der Waals surface area contributed by atoms with E-state index < -0.39 is 15.8 Å². The van der Waals surface area contributed by atoms with E-state index >= 15 is 0 Å². The van der Waals surface area contributed by atoms with Gasteiger partial charge in [0.1, 0.15) is 5.52 Å². The number of H-pyrrole nitrogens is 1. The maximum atomic E-state index is 11.1. The first kappa shape index (κ1) is 13.3. The SMILES string of the molecule is NS(=O)(=O)c1ccc(Nc2ncc3[nH]c(=O)oc3n2)cc1. The van der Waals surface area contributed by atoms with E-state index in [0.29, 0.717) is 11.2 Å². The van der Waals surface area contributed by atoms with Gasteiger partial charge in [-0.15, -0.1) is 0 Å². The van der Waals surface area contributed by atoms with Crippen molar-refractivity contribution in [3.05, 3.63) is 41.0 Å². The third kappa shape index (κ3) is 2.75. The molecule has 0 saturated carbocycles. The van der Waals surface area contributed by atoms with Gasteiger partial charge in [0.2, 0.25) is 16.0 Å². The average Bonchev–Trinajstić information content (AvgIpc) is 2.78. The number of aromatic amines is 1. The highest BCUT2D eigenvalue weighted by molar-refractivity contribution is 7.89. The molecule has 108 valence electrons. The summed E-state index contributed by atoms with van der Waals surface area (Å²) in [6, 6.07) is 5.74. The molecule has 0 saturated heterocycles. The monoisotopic (exact) mass is 307 g/mol. The lowest BCUT2D eigenvalue weighted by Gasteiger charge is -2.04. The van der Waals surface area contributed by atoms with Gasteiger partial charge in [0.15, 0.2) is 0 Å². The van der Waals surface area contributed by atoms with Crippen molar-refractivity contribution in [2.24, 2.45) is 5.14 Å². The van der Waals surface area contributed by atoms with E-state index in [4.69, 9.17) is 9.56 Å². The minimum Gasteiger partial charge on any atom is -0.389 e. The summed E-state index contributed by atoms with van der Waals surface area (Å²) in [5.41, 5.74) is 1.06. The van der Waals surface area contributed by atoms with Gasteiger partial charge in [-0.3, -0.25) is 4.98 Å². The summed E-state index contributed by atoms with van der Waals surface area (Å²) in [7, 11) is -3.73. The van der Waals surface area contributed by atoms with Gasteiger partial charge in [-0.25, -0.2) is 23.3 Å². The lowest BCUT2D eigenvalue weighted by atomic mass is 10.3. The van der Waals surface area contributed by atoms with E-state index in [1.807, 2.05) is 0 Å². The number of nitrogens with zero attached hydrogens (tertiary/aromatic N) is 2. The van der Waals surface area contributed by atoms with Gasteiger partial charge < -0.3 is 9.73 Å². The molecule has 4 N–H and O–H groups in total. The molecule has 9 nitrogen and oxygen atoms in total. The van der Waals surface area contributed by atoms with Gasteiger partial charge >= 0.3 is 5.76 Å². The highest BCUT2D eigenvalue weighted by Crippen LogP contribution is 2.17. The first-order valence-electron chi connectivity index (χ1n) is 5.67. The minimum atomic E-state index is -3.73. The third-order valence-corrected chi connectivity index (χ3v) is 3.55. The highest BCUT2D eigenvalue weighted by atomic mass is 32.2. The van der Waals surface area contributed by atoms with Crippen molar-refractivity contribution in [2.75, 3.05) is 5.32 Å². The van der Waals surface area contributed by atoms with Crippen molar-refractivity contribution in [2.45, 2.75) is 4.90 Å². The second-order valence-corrected chi connectivity index (χ2v) is 5.68. The zero-order chi connectivity index (χ0) is 15.0. The van der Waals surface area contributed by atoms with Crippen LogP contribution in [-0.2, 0) is 10.0 Å². The lowest BCUT2D eigenvalue weighted by molar-refractivity contribution is 0.545. The van der Waals surface area contributed by atoms with E-state index in [2.05, 4.69) is 20.3 Å². The maximum Gasteiger partial charge on any atom is 0.418 e. The predicted molar refractivity (Wildman–Crippen MR) is 73.5 cm³/mol. The first-order valence-corrected chi connectivity index (χ1v) is 7.22. The molecule has 1 aromatic carbocycles. The van der Waals surface area contributed by atoms with Crippen LogP contribution < -0.4 is 16.2 Å². The Bertz CT molecular complexity index is 958. The zero-order valence-electron chi connectivity index (χ0n) is 10.4. The van der Waals surface area contributed by atoms with Crippen molar-refractivity contribution < 1.29 is 12.8 Å². The smallest absolute Gasteiger partial charge is 0.389 e. The Hall–Kier alpha value is -2.72. The Morgan fingerprint density at radius 2 is 1.95 bits per heavy atom. The summed E-state index contributed by atoms with van der Waals surface area (Å²) in [5, 5.41) is 7.86. The van der Waals surface area contributed by atoms with Gasteiger partial charge in [-0.05, 0) is 24.3 Å². The number of oxazole rings is 1. The molecule has 0 atom stereocenters. The molecule has 0 fully saturated rings. The molecule has 0 amide bonds.